The minimum atomic E-state index is -0.822. The summed E-state index contributed by atoms with van der Waals surface area (Å²) in [4.78, 5) is 37.8. The van der Waals surface area contributed by atoms with Gasteiger partial charge in [0, 0.05) is 19.3 Å². The van der Waals surface area contributed by atoms with Crippen molar-refractivity contribution < 1.29 is 28.6 Å². The van der Waals surface area contributed by atoms with Crippen molar-refractivity contribution in [2.24, 2.45) is 0 Å². The predicted molar refractivity (Wildman–Crippen MR) is 256 cm³/mol. The summed E-state index contributed by atoms with van der Waals surface area (Å²) >= 11 is 0. The second kappa shape index (κ2) is 47.7. The summed E-state index contributed by atoms with van der Waals surface area (Å²) < 4.78 is 16.6. The van der Waals surface area contributed by atoms with Gasteiger partial charge in [-0.05, 0) is 109 Å². The maximum Gasteiger partial charge on any atom is 0.306 e. The largest absolute Gasteiger partial charge is 0.462 e. The average molecular weight is 831 g/mol. The molecule has 0 saturated carbocycles. The van der Waals surface area contributed by atoms with Gasteiger partial charge in [0.15, 0.2) is 6.10 Å². The Morgan fingerprint density at radius 2 is 0.717 bits per heavy atom. The van der Waals surface area contributed by atoms with Crippen LogP contribution in [0.5, 0.6) is 0 Å². The number of carbonyl (C=O) groups is 3. The molecule has 338 valence electrons. The topological polar surface area (TPSA) is 78.9 Å². The van der Waals surface area contributed by atoms with Crippen molar-refractivity contribution in [3.8, 4) is 0 Å². The number of hydrogen-bond donors (Lipinski definition) is 0. The van der Waals surface area contributed by atoms with E-state index in [9.17, 15) is 14.4 Å². The smallest absolute Gasteiger partial charge is 0.306 e. The van der Waals surface area contributed by atoms with Gasteiger partial charge in [0.05, 0.1) is 0 Å². The van der Waals surface area contributed by atoms with Gasteiger partial charge in [0.1, 0.15) is 13.2 Å². The molecule has 0 aromatic heterocycles. The number of hydrogen-bond acceptors (Lipinski definition) is 6. The Kier molecular flexibility index (Phi) is 44.6. The van der Waals surface area contributed by atoms with Crippen LogP contribution in [0, 0.1) is 0 Å². The molecule has 1 atom stereocenters. The van der Waals surface area contributed by atoms with E-state index in [0.717, 1.165) is 109 Å². The third kappa shape index (κ3) is 45.2. The van der Waals surface area contributed by atoms with Gasteiger partial charge < -0.3 is 14.2 Å². The summed E-state index contributed by atoms with van der Waals surface area (Å²) in [6.45, 7) is 6.27. The molecule has 6 nitrogen and oxygen atoms in total. The summed E-state index contributed by atoms with van der Waals surface area (Å²) in [5.41, 5.74) is 0. The van der Waals surface area contributed by atoms with E-state index in [4.69, 9.17) is 14.2 Å². The maximum atomic E-state index is 12.7. The number of esters is 3. The number of ether oxygens (including phenoxy) is 3. The second-order valence-corrected chi connectivity index (χ2v) is 15.3. The van der Waals surface area contributed by atoms with Crippen LogP contribution >= 0.6 is 0 Å². The maximum absolute atomic E-state index is 12.7. The van der Waals surface area contributed by atoms with Gasteiger partial charge in [-0.25, -0.2) is 0 Å². The van der Waals surface area contributed by atoms with Crippen LogP contribution in [0.1, 0.15) is 194 Å². The van der Waals surface area contributed by atoms with Gasteiger partial charge in [0.25, 0.3) is 0 Å². The van der Waals surface area contributed by atoms with E-state index in [0.29, 0.717) is 25.7 Å². The van der Waals surface area contributed by atoms with Gasteiger partial charge in [-0.1, -0.05) is 175 Å². The van der Waals surface area contributed by atoms with Crippen molar-refractivity contribution in [3.63, 3.8) is 0 Å². The van der Waals surface area contributed by atoms with E-state index >= 15 is 0 Å². The van der Waals surface area contributed by atoms with E-state index in [1.54, 1.807) is 0 Å². The Morgan fingerprint density at radius 3 is 1.18 bits per heavy atom. The lowest BCUT2D eigenvalue weighted by Crippen LogP contribution is -2.30. The highest BCUT2D eigenvalue weighted by Crippen LogP contribution is 2.11. The quantitative estimate of drug-likeness (QED) is 0.0201. The van der Waals surface area contributed by atoms with E-state index in [1.165, 1.54) is 32.1 Å². The molecule has 0 radical (unpaired) electrons. The molecular formula is C54H86O6. The number of carbonyl (C=O) groups excluding carboxylic acids is 3. The molecule has 0 aromatic carbocycles. The standard InChI is InChI=1S/C54H86O6/c1-4-7-10-13-16-19-22-25-26-27-28-29-30-33-35-38-41-44-47-53(56)59-50-51(60-54(57)48-45-42-39-36-32-24-21-18-15-12-9-6-3)49-58-52(55)46-43-40-37-34-31-23-20-17-14-11-8-5-2/h8-9,11-12,17-18,20-22,25-29,31-32,34,36,51H,4-7,10,13-16,19,23-24,30,33,35,37-50H2,1-3H3/b11-8-,12-9-,20-17-,21-18-,25-22-,27-26-,29-28-,34-31-,36-32-. The molecule has 0 amide bonds. The second-order valence-electron chi connectivity index (χ2n) is 15.3. The van der Waals surface area contributed by atoms with Crippen LogP contribution in [-0.2, 0) is 28.6 Å². The molecule has 0 rings (SSSR count). The van der Waals surface area contributed by atoms with Crippen LogP contribution < -0.4 is 0 Å². The molecular weight excluding hydrogens is 745 g/mol. The van der Waals surface area contributed by atoms with Crippen molar-refractivity contribution in [1.29, 1.82) is 0 Å². The van der Waals surface area contributed by atoms with Crippen LogP contribution in [0.3, 0.4) is 0 Å². The van der Waals surface area contributed by atoms with E-state index in [1.807, 2.05) is 0 Å². The number of allylic oxidation sites excluding steroid dienone is 18. The number of rotatable bonds is 41. The molecule has 0 bridgehead atoms. The molecule has 0 fully saturated rings. The zero-order valence-electron chi connectivity index (χ0n) is 38.4. The lowest BCUT2D eigenvalue weighted by atomic mass is 10.1. The highest BCUT2D eigenvalue weighted by molar-refractivity contribution is 5.71. The van der Waals surface area contributed by atoms with Crippen molar-refractivity contribution >= 4 is 17.9 Å². The summed E-state index contributed by atoms with van der Waals surface area (Å²) in [5, 5.41) is 0. The van der Waals surface area contributed by atoms with E-state index in [2.05, 4.69) is 130 Å². The minimum Gasteiger partial charge on any atom is -0.462 e. The summed E-state index contributed by atoms with van der Waals surface area (Å²) in [6, 6.07) is 0. The number of unbranched alkanes of at least 4 members (excludes halogenated alkanes) is 14. The zero-order valence-corrected chi connectivity index (χ0v) is 38.4. The fourth-order valence-corrected chi connectivity index (χ4v) is 6.00. The first-order valence-corrected chi connectivity index (χ1v) is 23.9. The zero-order chi connectivity index (χ0) is 43.7. The van der Waals surface area contributed by atoms with E-state index in [-0.39, 0.29) is 37.5 Å². The predicted octanol–water partition coefficient (Wildman–Crippen LogP) is 15.6. The summed E-state index contributed by atoms with van der Waals surface area (Å²) in [7, 11) is 0. The lowest BCUT2D eigenvalue weighted by Gasteiger charge is -2.18. The van der Waals surface area contributed by atoms with E-state index < -0.39 is 6.10 Å². The molecule has 60 heavy (non-hydrogen) atoms. The van der Waals surface area contributed by atoms with Crippen LogP contribution in [0.15, 0.2) is 109 Å². The first-order chi connectivity index (χ1) is 29.5. The van der Waals surface area contributed by atoms with Gasteiger partial charge in [0.2, 0.25) is 0 Å². The Hall–Kier alpha value is -3.93. The Balaban J connectivity index is 4.51. The molecule has 0 aliphatic carbocycles. The van der Waals surface area contributed by atoms with Crippen molar-refractivity contribution in [1.82, 2.24) is 0 Å². The lowest BCUT2D eigenvalue weighted by molar-refractivity contribution is -0.167. The van der Waals surface area contributed by atoms with Gasteiger partial charge in [-0.2, -0.15) is 0 Å². The van der Waals surface area contributed by atoms with Crippen molar-refractivity contribution in [2.75, 3.05) is 13.2 Å². The normalized spacial score (nSPS) is 13.1. The highest BCUT2D eigenvalue weighted by Gasteiger charge is 2.19. The minimum absolute atomic E-state index is 0.119. The molecule has 0 saturated heterocycles. The first-order valence-electron chi connectivity index (χ1n) is 23.9. The monoisotopic (exact) mass is 831 g/mol. The Bertz CT molecular complexity index is 1280. The fraction of sp³-hybridized carbons (Fsp3) is 0.611. The molecule has 0 spiro atoms. The summed E-state index contributed by atoms with van der Waals surface area (Å²) in [6.07, 6.45) is 63.7. The summed E-state index contributed by atoms with van der Waals surface area (Å²) in [5.74, 6) is -1.03. The van der Waals surface area contributed by atoms with Gasteiger partial charge in [-0.15, -0.1) is 0 Å². The molecule has 1 unspecified atom stereocenters. The molecule has 0 aromatic rings. The Labute approximate surface area is 368 Å². The molecule has 0 heterocycles. The molecule has 6 heteroatoms. The van der Waals surface area contributed by atoms with Crippen LogP contribution in [-0.4, -0.2) is 37.2 Å². The first kappa shape index (κ1) is 56.1. The molecule has 0 aliphatic rings. The third-order valence-corrected chi connectivity index (χ3v) is 9.55. The SMILES string of the molecule is CC/C=C\C/C=C\C/C=C\CCCCC(=O)OCC(COC(=O)CCCCCCC\C=C/C=C\C=C/CCCCCCC)OC(=O)CCCC/C=C\C/C=C\C/C=C\CC. The van der Waals surface area contributed by atoms with Crippen molar-refractivity contribution in [3.05, 3.63) is 109 Å². The molecule has 0 aliphatic heterocycles. The average Bonchev–Trinajstić information content (AvgIpc) is 3.24. The van der Waals surface area contributed by atoms with Gasteiger partial charge in [-0.3, -0.25) is 14.4 Å². The van der Waals surface area contributed by atoms with Crippen molar-refractivity contribution in [2.45, 2.75) is 200 Å². The Morgan fingerprint density at radius 1 is 0.367 bits per heavy atom. The van der Waals surface area contributed by atoms with Gasteiger partial charge >= 0.3 is 17.9 Å². The van der Waals surface area contributed by atoms with Crippen LogP contribution in [0.25, 0.3) is 0 Å². The third-order valence-electron chi connectivity index (χ3n) is 9.55. The fourth-order valence-electron chi connectivity index (χ4n) is 6.00. The molecule has 0 N–H and O–H groups in total. The highest BCUT2D eigenvalue weighted by atomic mass is 16.6. The van der Waals surface area contributed by atoms with Crippen LogP contribution in [0.4, 0.5) is 0 Å². The van der Waals surface area contributed by atoms with Crippen LogP contribution in [0.2, 0.25) is 0 Å².